The number of hydrogen-bond donors (Lipinski definition) is 3. The molecule has 57 heavy (non-hydrogen) atoms. The van der Waals surface area contributed by atoms with Crippen LogP contribution in [0.5, 0.6) is 0 Å². The first-order valence-electron chi connectivity index (χ1n) is 20.1. The van der Waals surface area contributed by atoms with Crippen molar-refractivity contribution in [1.29, 1.82) is 0 Å². The average Bonchev–Trinajstić information content (AvgIpc) is 3.92. The van der Waals surface area contributed by atoms with E-state index in [2.05, 4.69) is 46.0 Å². The second kappa shape index (κ2) is 15.2. The van der Waals surface area contributed by atoms with Gasteiger partial charge in [-0.15, -0.1) is 0 Å². The summed E-state index contributed by atoms with van der Waals surface area (Å²) in [6, 6.07) is 15.4. The summed E-state index contributed by atoms with van der Waals surface area (Å²) in [5.41, 5.74) is 4.26. The molecule has 2 aromatic carbocycles. The van der Waals surface area contributed by atoms with Crippen molar-refractivity contribution in [3.05, 3.63) is 72.6 Å². The number of ketones is 1. The number of alkyl halides is 4. The average molecular weight is 788 g/mol. The van der Waals surface area contributed by atoms with Crippen LogP contribution < -0.4 is 5.32 Å². The normalized spacial score (nSPS) is 19.1. The van der Waals surface area contributed by atoms with E-state index in [1.165, 1.54) is 0 Å². The smallest absolute Gasteiger partial charge is 0.248 e. The van der Waals surface area contributed by atoms with Crippen LogP contribution in [0.3, 0.4) is 0 Å². The molecule has 5 aromatic rings. The molecule has 0 radical (unpaired) electrons. The Bertz CT molecular complexity index is 2200. The van der Waals surface area contributed by atoms with Crippen LogP contribution in [0.2, 0.25) is 0 Å². The van der Waals surface area contributed by atoms with Gasteiger partial charge in [0, 0.05) is 66.4 Å². The van der Waals surface area contributed by atoms with Gasteiger partial charge in [-0.3, -0.25) is 9.59 Å². The van der Waals surface area contributed by atoms with Crippen molar-refractivity contribution in [2.24, 2.45) is 22.7 Å². The maximum Gasteiger partial charge on any atom is 0.248 e. The monoisotopic (exact) mass is 787 g/mol. The third-order valence-corrected chi connectivity index (χ3v) is 12.0. The first-order chi connectivity index (χ1) is 26.7. The van der Waals surface area contributed by atoms with Gasteiger partial charge >= 0.3 is 0 Å². The van der Waals surface area contributed by atoms with Gasteiger partial charge in [0.2, 0.25) is 17.8 Å². The Morgan fingerprint density at radius 3 is 1.86 bits per heavy atom. The predicted octanol–water partition coefficient (Wildman–Crippen LogP) is 11.8. The number of nitrogens with zero attached hydrogens (tertiary/aromatic N) is 2. The summed E-state index contributed by atoms with van der Waals surface area (Å²) in [6.07, 6.45) is 3.55. The van der Waals surface area contributed by atoms with E-state index in [-0.39, 0.29) is 86.7 Å². The fourth-order valence-electron chi connectivity index (χ4n) is 8.25. The summed E-state index contributed by atoms with van der Waals surface area (Å²) >= 11 is 0. The summed E-state index contributed by atoms with van der Waals surface area (Å²) in [5.74, 6) is -4.52. The lowest BCUT2D eigenvalue weighted by atomic mass is 9.74. The van der Waals surface area contributed by atoms with Crippen molar-refractivity contribution in [2.75, 3.05) is 0 Å². The molecule has 0 spiro atoms. The fourth-order valence-corrected chi connectivity index (χ4v) is 8.25. The van der Waals surface area contributed by atoms with Crippen LogP contribution in [0.25, 0.3) is 44.8 Å². The largest absolute Gasteiger partial charge is 0.456 e. The molecule has 2 aliphatic rings. The molecule has 0 unspecified atom stereocenters. The highest BCUT2D eigenvalue weighted by molar-refractivity contribution is 5.87. The van der Waals surface area contributed by atoms with Gasteiger partial charge in [0.15, 0.2) is 0 Å². The molecule has 2 aliphatic carbocycles. The van der Waals surface area contributed by atoms with Crippen molar-refractivity contribution >= 4 is 22.7 Å². The van der Waals surface area contributed by atoms with Crippen molar-refractivity contribution in [3.63, 3.8) is 0 Å². The molecule has 0 saturated heterocycles. The summed E-state index contributed by atoms with van der Waals surface area (Å²) in [5, 5.41) is 4.03. The summed E-state index contributed by atoms with van der Waals surface area (Å²) in [4.78, 5) is 42.6. The first kappa shape index (κ1) is 40.5. The van der Waals surface area contributed by atoms with Crippen LogP contribution in [0.1, 0.15) is 123 Å². The number of imidazole rings is 2. The number of furan rings is 1. The zero-order chi connectivity index (χ0) is 40.9. The maximum atomic E-state index is 13.7. The minimum Gasteiger partial charge on any atom is -0.456 e. The molecule has 304 valence electrons. The van der Waals surface area contributed by atoms with Crippen LogP contribution >= 0.6 is 0 Å². The molecule has 12 heteroatoms. The molecular weight excluding hydrogens is 735 g/mol. The zero-order valence-electron chi connectivity index (χ0n) is 33.6. The van der Waals surface area contributed by atoms with Crippen LogP contribution in [-0.2, 0) is 9.59 Å². The molecule has 0 aliphatic heterocycles. The Morgan fingerprint density at radius 1 is 0.737 bits per heavy atom. The third kappa shape index (κ3) is 9.20. The second-order valence-corrected chi connectivity index (χ2v) is 18.5. The Labute approximate surface area is 331 Å². The highest BCUT2D eigenvalue weighted by Gasteiger charge is 2.41. The predicted molar refractivity (Wildman–Crippen MR) is 213 cm³/mol. The Balaban J connectivity index is 1.03. The number of Topliss-reactive ketones (excluding diaryl/α,β-unsaturated/α-hetero) is 1. The summed E-state index contributed by atoms with van der Waals surface area (Å²) in [6.45, 7) is 12.2. The second-order valence-electron chi connectivity index (χ2n) is 18.5. The molecule has 8 nitrogen and oxygen atoms in total. The molecule has 1 amide bonds. The van der Waals surface area contributed by atoms with Gasteiger partial charge in [-0.1, -0.05) is 77.9 Å². The number of nitrogens with one attached hydrogen (secondary N) is 3. The molecule has 3 N–H and O–H groups in total. The number of aromatic nitrogens is 4. The minimum atomic E-state index is -2.70. The number of halogens is 4. The van der Waals surface area contributed by atoms with Gasteiger partial charge in [0.1, 0.15) is 28.8 Å². The number of rotatable bonds is 10. The Morgan fingerprint density at radius 2 is 1.26 bits per heavy atom. The van der Waals surface area contributed by atoms with E-state index < -0.39 is 29.2 Å². The molecular formula is C45H53F4N5O3. The topological polar surface area (TPSA) is 117 Å². The van der Waals surface area contributed by atoms with E-state index in [9.17, 15) is 27.2 Å². The van der Waals surface area contributed by atoms with Crippen molar-refractivity contribution in [1.82, 2.24) is 25.3 Å². The minimum absolute atomic E-state index is 0.0319. The first-order valence-corrected chi connectivity index (χ1v) is 20.1. The lowest BCUT2D eigenvalue weighted by molar-refractivity contribution is -0.131. The molecule has 3 heterocycles. The number of benzene rings is 2. The van der Waals surface area contributed by atoms with Crippen LogP contribution in [-0.4, -0.2) is 43.5 Å². The molecule has 2 fully saturated rings. The van der Waals surface area contributed by atoms with E-state index in [0.29, 0.717) is 23.0 Å². The van der Waals surface area contributed by atoms with Gasteiger partial charge in [-0.2, -0.15) is 0 Å². The number of aromatic amines is 2. The highest BCUT2D eigenvalue weighted by atomic mass is 19.3. The molecule has 2 atom stereocenters. The third-order valence-electron chi connectivity index (χ3n) is 12.0. The Hall–Kier alpha value is -4.74. The number of carbonyl (C=O) groups is 2. The summed E-state index contributed by atoms with van der Waals surface area (Å²) < 4.78 is 61.3. The fraction of sp³-hybridized carbons (Fsp3) is 0.511. The van der Waals surface area contributed by atoms with E-state index >= 15 is 0 Å². The van der Waals surface area contributed by atoms with E-state index in [1.54, 1.807) is 12.4 Å². The number of amides is 1. The zero-order valence-corrected chi connectivity index (χ0v) is 33.6. The van der Waals surface area contributed by atoms with E-state index in [1.807, 2.05) is 69.3 Å². The van der Waals surface area contributed by atoms with Gasteiger partial charge < -0.3 is 19.7 Å². The number of hydrogen-bond acceptors (Lipinski definition) is 5. The van der Waals surface area contributed by atoms with Gasteiger partial charge in [0.25, 0.3) is 0 Å². The van der Waals surface area contributed by atoms with Crippen LogP contribution in [0.4, 0.5) is 17.6 Å². The van der Waals surface area contributed by atoms with Crippen LogP contribution in [0.15, 0.2) is 65.3 Å². The summed E-state index contributed by atoms with van der Waals surface area (Å²) in [7, 11) is 0. The lowest BCUT2D eigenvalue weighted by Gasteiger charge is -2.33. The number of H-pyrrole nitrogens is 2. The quantitative estimate of drug-likeness (QED) is 0.122. The molecule has 7 rings (SSSR count). The Kier molecular flexibility index (Phi) is 10.8. The van der Waals surface area contributed by atoms with E-state index in [4.69, 9.17) is 4.42 Å². The maximum absolute atomic E-state index is 13.7. The van der Waals surface area contributed by atoms with Crippen molar-refractivity contribution in [3.8, 4) is 33.8 Å². The number of carbonyl (C=O) groups excluding carboxylic acids is 2. The van der Waals surface area contributed by atoms with Gasteiger partial charge in [0.05, 0.1) is 29.8 Å². The number of fused-ring (bicyclic) bond motifs is 1. The van der Waals surface area contributed by atoms with E-state index in [0.717, 1.165) is 33.5 Å². The standard InChI is InChI=1S/C45H53F4N5O3/c1-42(2,3)32(23-35(55)27-13-17-44(46,47)18-14-27)39-50-24-33(52-39)26-7-9-28(10-8-26)36-22-31-12-11-30(21-37(31)57-36)34-25-51-40(53-34)38(43(4,5)6)54-41(56)29-15-19-45(48,49)20-16-29/h7-12,21-22,24-25,27,29,32,38H,13-20,23H2,1-6H3,(H,50,52)(H,51,53)(H,54,56)/t32-,38-/m1/s1. The van der Waals surface area contributed by atoms with Gasteiger partial charge in [-0.25, -0.2) is 27.5 Å². The molecule has 0 bridgehead atoms. The van der Waals surface area contributed by atoms with Crippen LogP contribution in [0, 0.1) is 22.7 Å². The van der Waals surface area contributed by atoms with Crippen molar-refractivity contribution in [2.45, 2.75) is 123 Å². The molecule has 3 aromatic heterocycles. The van der Waals surface area contributed by atoms with Crippen molar-refractivity contribution < 1.29 is 31.6 Å². The van der Waals surface area contributed by atoms with Gasteiger partial charge in [-0.05, 0) is 54.2 Å². The molecule has 2 saturated carbocycles. The lowest BCUT2D eigenvalue weighted by Crippen LogP contribution is -2.42. The highest BCUT2D eigenvalue weighted by Crippen LogP contribution is 2.43. The SMILES string of the molecule is CC(C)(C)[C@H](CC(=O)C1CCC(F)(F)CC1)c1ncc(-c2ccc(-c3cc4ccc(-c5cnc([C@@H](NC(=O)C6CCC(F)(F)CC6)C(C)(C)C)[nH]5)cc4o3)cc2)[nH]1.